The van der Waals surface area contributed by atoms with Crippen molar-refractivity contribution in [2.24, 2.45) is 0 Å². The van der Waals surface area contributed by atoms with Crippen LogP contribution in [0.25, 0.3) is 0 Å². The van der Waals surface area contributed by atoms with Crippen molar-refractivity contribution in [3.05, 3.63) is 31.6 Å². The van der Waals surface area contributed by atoms with Crippen molar-refractivity contribution in [2.75, 3.05) is 0 Å². The molecule has 2 fully saturated rings. The molecule has 0 spiro atoms. The van der Waals surface area contributed by atoms with Gasteiger partial charge in [-0.25, -0.2) is 0 Å². The molecule has 0 aromatic heterocycles. The van der Waals surface area contributed by atoms with E-state index < -0.39 is 0 Å². The van der Waals surface area contributed by atoms with Crippen LogP contribution in [-0.4, -0.2) is 10.8 Å². The van der Waals surface area contributed by atoms with E-state index in [0.717, 1.165) is 14.2 Å². The zero-order valence-electron chi connectivity index (χ0n) is 10.9. The molecule has 5 radical (unpaired) electrons. The zero-order valence-corrected chi connectivity index (χ0v) is 11.9. The first-order valence-corrected chi connectivity index (χ1v) is 7.26. The maximum atomic E-state index is 2.41. The molecule has 0 aromatic carbocycles. The van der Waals surface area contributed by atoms with Gasteiger partial charge in [0.25, 0.3) is 0 Å². The molecule has 0 N–H and O–H groups in total. The van der Waals surface area contributed by atoms with E-state index in [1.165, 1.54) is 38.0 Å². The van der Waals surface area contributed by atoms with Gasteiger partial charge in [0.1, 0.15) is 0 Å². The van der Waals surface area contributed by atoms with Crippen LogP contribution in [0.1, 0.15) is 46.0 Å². The van der Waals surface area contributed by atoms with Crippen LogP contribution >= 0.6 is 8.58 Å². The molecule has 0 saturated heterocycles. The molecular weight excluding hydrogens is 206 g/mol. The van der Waals surface area contributed by atoms with Gasteiger partial charge in [-0.05, 0) is 55.3 Å². The molecule has 0 heterocycles. The largest absolute Gasteiger partial charge is 1.00 e. The summed E-state index contributed by atoms with van der Waals surface area (Å²) in [5.74, 6) is 1.53. The van der Waals surface area contributed by atoms with Crippen molar-refractivity contribution >= 4 is 8.58 Å². The van der Waals surface area contributed by atoms with E-state index in [2.05, 4.69) is 39.5 Å². The summed E-state index contributed by atoms with van der Waals surface area (Å²) in [7, 11) is 1.10. The molecule has 0 amide bonds. The average molecular weight is 228 g/mol. The Morgan fingerprint density at radius 1 is 1.06 bits per heavy atom. The second-order valence-electron chi connectivity index (χ2n) is 5.28. The molecule has 2 saturated carbocycles. The van der Waals surface area contributed by atoms with Gasteiger partial charge in [-0.15, -0.1) is 8.58 Å². The quantitative estimate of drug-likeness (QED) is 0.503. The minimum absolute atomic E-state index is 0. The first-order valence-electron chi connectivity index (χ1n) is 6.18. The summed E-state index contributed by atoms with van der Waals surface area (Å²) in [6, 6.07) is 0. The fourth-order valence-electron chi connectivity index (χ4n) is 2.63. The molecule has 16 heavy (non-hydrogen) atoms. The molecule has 83 valence electrons. The Morgan fingerprint density at radius 3 is 2.19 bits per heavy atom. The second kappa shape index (κ2) is 6.83. The first-order chi connectivity index (χ1) is 7.18. The van der Waals surface area contributed by atoms with Gasteiger partial charge < -0.3 is 0 Å². The number of hydrogen-bond donors (Lipinski definition) is 0. The standard InChI is InChI=1S/C14H22P.Li/c1-14(2,12-8-6-7-9-12)15-13-10-4-3-5-11-13;/h6-9,13,15H,3-5,10-11H2,1-2H3;/q;+1. The molecule has 2 aliphatic rings. The maximum Gasteiger partial charge on any atom is 1.00 e. The molecule has 0 aliphatic heterocycles. The van der Waals surface area contributed by atoms with E-state index in [1.54, 1.807) is 0 Å². The molecular formula is C14H22LiP+. The maximum absolute atomic E-state index is 2.41. The Bertz CT molecular complexity index is 191. The SMILES string of the molecule is CC(C)(PC1CCCCC1)[C]1[CH][CH][CH][CH]1.[Li+]. The van der Waals surface area contributed by atoms with Crippen LogP contribution in [-0.2, 0) is 0 Å². The van der Waals surface area contributed by atoms with Gasteiger partial charge in [0.15, 0.2) is 0 Å². The van der Waals surface area contributed by atoms with Crippen LogP contribution in [0.4, 0.5) is 0 Å². The topological polar surface area (TPSA) is 0 Å². The molecule has 1 unspecified atom stereocenters. The number of hydrogen-bond acceptors (Lipinski definition) is 0. The van der Waals surface area contributed by atoms with Crippen molar-refractivity contribution in [2.45, 2.75) is 56.8 Å². The summed E-state index contributed by atoms with van der Waals surface area (Å²) in [6.45, 7) is 4.82. The van der Waals surface area contributed by atoms with Crippen LogP contribution in [0.5, 0.6) is 0 Å². The predicted molar refractivity (Wildman–Crippen MR) is 69.7 cm³/mol. The third-order valence-electron chi connectivity index (χ3n) is 3.55. The summed E-state index contributed by atoms with van der Waals surface area (Å²) in [5.41, 5.74) is 1.00. The van der Waals surface area contributed by atoms with Gasteiger partial charge in [0.2, 0.25) is 0 Å². The van der Waals surface area contributed by atoms with Gasteiger partial charge in [0, 0.05) is 0 Å². The fourth-order valence-corrected chi connectivity index (χ4v) is 4.68. The molecule has 1 atom stereocenters. The van der Waals surface area contributed by atoms with Crippen LogP contribution in [0.15, 0.2) is 0 Å². The van der Waals surface area contributed by atoms with E-state index in [-0.39, 0.29) is 18.9 Å². The van der Waals surface area contributed by atoms with Gasteiger partial charge in [-0.3, -0.25) is 0 Å². The minimum atomic E-state index is 0. The van der Waals surface area contributed by atoms with E-state index in [1.807, 2.05) is 0 Å². The monoisotopic (exact) mass is 228 g/mol. The van der Waals surface area contributed by atoms with Crippen LogP contribution in [0.2, 0.25) is 0 Å². The molecule has 0 nitrogen and oxygen atoms in total. The third kappa shape index (κ3) is 4.05. The molecule has 2 heteroatoms. The summed E-state index contributed by atoms with van der Waals surface area (Å²) < 4.78 is 0. The van der Waals surface area contributed by atoms with Crippen LogP contribution in [0.3, 0.4) is 0 Å². The van der Waals surface area contributed by atoms with Crippen molar-refractivity contribution in [3.8, 4) is 0 Å². The summed E-state index contributed by atoms with van der Waals surface area (Å²) in [5, 5.41) is 0.408. The Balaban J connectivity index is 0.00000128. The summed E-state index contributed by atoms with van der Waals surface area (Å²) in [6.07, 6.45) is 16.3. The second-order valence-corrected chi connectivity index (χ2v) is 7.63. The van der Waals surface area contributed by atoms with Crippen LogP contribution in [0, 0.1) is 31.6 Å². The van der Waals surface area contributed by atoms with E-state index in [0.29, 0.717) is 5.16 Å². The summed E-state index contributed by atoms with van der Waals surface area (Å²) >= 11 is 0. The van der Waals surface area contributed by atoms with Crippen molar-refractivity contribution in [1.29, 1.82) is 0 Å². The molecule has 0 bridgehead atoms. The summed E-state index contributed by atoms with van der Waals surface area (Å²) in [4.78, 5) is 0. The van der Waals surface area contributed by atoms with Gasteiger partial charge in [0.05, 0.1) is 0 Å². The van der Waals surface area contributed by atoms with Crippen molar-refractivity contribution < 1.29 is 18.9 Å². The van der Waals surface area contributed by atoms with E-state index in [4.69, 9.17) is 0 Å². The van der Waals surface area contributed by atoms with Crippen LogP contribution < -0.4 is 18.9 Å². The normalized spacial score (nSPS) is 25.1. The van der Waals surface area contributed by atoms with Gasteiger partial charge in [-0.1, -0.05) is 33.1 Å². The Hall–Kier alpha value is 1.03. The predicted octanol–water partition coefficient (Wildman–Crippen LogP) is 1.19. The number of rotatable bonds is 3. The minimum Gasteiger partial charge on any atom is -0.112 e. The third-order valence-corrected chi connectivity index (χ3v) is 5.55. The van der Waals surface area contributed by atoms with Gasteiger partial charge in [-0.2, -0.15) is 0 Å². The Kier molecular flexibility index (Phi) is 6.44. The van der Waals surface area contributed by atoms with E-state index >= 15 is 0 Å². The van der Waals surface area contributed by atoms with Crippen molar-refractivity contribution in [1.82, 2.24) is 0 Å². The molecule has 2 aliphatic carbocycles. The molecule has 2 rings (SSSR count). The first kappa shape index (κ1) is 15.1. The Morgan fingerprint density at radius 2 is 1.62 bits per heavy atom. The smallest absolute Gasteiger partial charge is 0.112 e. The van der Waals surface area contributed by atoms with E-state index in [9.17, 15) is 0 Å². The average Bonchev–Trinajstić information content (AvgIpc) is 2.71. The zero-order chi connectivity index (χ0) is 10.7. The Labute approximate surface area is 116 Å². The molecule has 0 aromatic rings. The fraction of sp³-hybridized carbons (Fsp3) is 0.643. The van der Waals surface area contributed by atoms with Gasteiger partial charge >= 0.3 is 18.9 Å². The van der Waals surface area contributed by atoms with Crippen molar-refractivity contribution in [3.63, 3.8) is 0 Å².